The Kier molecular flexibility index (Phi) is 4.17. The van der Waals surface area contributed by atoms with Gasteiger partial charge in [0.15, 0.2) is 0 Å². The van der Waals surface area contributed by atoms with Crippen molar-refractivity contribution >= 4 is 17.3 Å². The molecule has 2 N–H and O–H groups in total. The summed E-state index contributed by atoms with van der Waals surface area (Å²) in [6, 6.07) is 12.5. The number of benzene rings is 2. The molecule has 0 saturated heterocycles. The van der Waals surface area contributed by atoms with E-state index in [4.69, 9.17) is 26.8 Å². The molecule has 0 aliphatic carbocycles. The highest BCUT2D eigenvalue weighted by atomic mass is 35.5. The number of ether oxygens (including phenoxy) is 2. The van der Waals surface area contributed by atoms with Crippen LogP contribution in [0.15, 0.2) is 42.5 Å². The normalized spacial score (nSPS) is 10.5. The quantitative estimate of drug-likeness (QED) is 0.837. The Morgan fingerprint density at radius 2 is 1.63 bits per heavy atom. The molecule has 0 aliphatic heterocycles. The summed E-state index contributed by atoms with van der Waals surface area (Å²) >= 11 is 5.83. The van der Waals surface area contributed by atoms with Crippen LogP contribution in [-0.4, -0.2) is 6.10 Å². The highest BCUT2D eigenvalue weighted by Crippen LogP contribution is 2.31. The van der Waals surface area contributed by atoms with E-state index in [1.807, 2.05) is 26.0 Å². The number of rotatable bonds is 4. The second-order valence-electron chi connectivity index (χ2n) is 4.42. The van der Waals surface area contributed by atoms with E-state index in [9.17, 15) is 0 Å². The van der Waals surface area contributed by atoms with Crippen LogP contribution in [0.25, 0.3) is 0 Å². The van der Waals surface area contributed by atoms with Crippen molar-refractivity contribution in [1.82, 2.24) is 0 Å². The number of halogens is 1. The van der Waals surface area contributed by atoms with Crippen molar-refractivity contribution in [2.24, 2.45) is 0 Å². The van der Waals surface area contributed by atoms with E-state index in [-0.39, 0.29) is 6.10 Å². The molecule has 0 atom stereocenters. The number of hydrogen-bond donors (Lipinski definition) is 1. The lowest BCUT2D eigenvalue weighted by Gasteiger charge is -2.13. The molecule has 0 radical (unpaired) electrons. The zero-order valence-electron chi connectivity index (χ0n) is 10.9. The Balaban J connectivity index is 2.18. The number of anilines is 1. The van der Waals surface area contributed by atoms with Crippen LogP contribution in [0.1, 0.15) is 13.8 Å². The van der Waals surface area contributed by atoms with E-state index in [0.29, 0.717) is 28.0 Å². The van der Waals surface area contributed by atoms with Gasteiger partial charge in [0.2, 0.25) is 0 Å². The molecule has 4 heteroatoms. The van der Waals surface area contributed by atoms with Gasteiger partial charge in [0.1, 0.15) is 17.2 Å². The summed E-state index contributed by atoms with van der Waals surface area (Å²) in [5.74, 6) is 2.01. The number of nitrogens with two attached hydrogens (primary N) is 1. The average Bonchev–Trinajstić information content (AvgIpc) is 2.36. The van der Waals surface area contributed by atoms with Crippen molar-refractivity contribution in [3.63, 3.8) is 0 Å². The minimum Gasteiger partial charge on any atom is -0.489 e. The average molecular weight is 278 g/mol. The maximum absolute atomic E-state index is 5.85. The van der Waals surface area contributed by atoms with Crippen molar-refractivity contribution in [1.29, 1.82) is 0 Å². The molecule has 19 heavy (non-hydrogen) atoms. The molecule has 2 aromatic carbocycles. The molecule has 2 aromatic rings. The zero-order valence-corrected chi connectivity index (χ0v) is 11.6. The molecule has 0 saturated carbocycles. The summed E-state index contributed by atoms with van der Waals surface area (Å²) in [4.78, 5) is 0. The second-order valence-corrected chi connectivity index (χ2v) is 4.86. The first-order valence-electron chi connectivity index (χ1n) is 6.04. The van der Waals surface area contributed by atoms with Gasteiger partial charge in [0.25, 0.3) is 0 Å². The molecule has 0 heterocycles. The molecule has 2 rings (SSSR count). The summed E-state index contributed by atoms with van der Waals surface area (Å²) < 4.78 is 11.3. The molecule has 0 aliphatic rings. The van der Waals surface area contributed by atoms with Crippen LogP contribution in [-0.2, 0) is 0 Å². The van der Waals surface area contributed by atoms with E-state index >= 15 is 0 Å². The third-order valence-corrected chi connectivity index (χ3v) is 2.65. The molecular weight excluding hydrogens is 262 g/mol. The van der Waals surface area contributed by atoms with Gasteiger partial charge in [-0.1, -0.05) is 11.6 Å². The lowest BCUT2D eigenvalue weighted by molar-refractivity contribution is 0.243. The van der Waals surface area contributed by atoms with Gasteiger partial charge in [-0.2, -0.15) is 0 Å². The zero-order chi connectivity index (χ0) is 13.8. The van der Waals surface area contributed by atoms with Gasteiger partial charge in [-0.15, -0.1) is 0 Å². The minimum absolute atomic E-state index is 0.0630. The van der Waals surface area contributed by atoms with E-state index in [2.05, 4.69) is 0 Å². The fraction of sp³-hybridized carbons (Fsp3) is 0.200. The van der Waals surface area contributed by atoms with Crippen LogP contribution in [0.5, 0.6) is 17.2 Å². The van der Waals surface area contributed by atoms with Gasteiger partial charge >= 0.3 is 0 Å². The highest BCUT2D eigenvalue weighted by Gasteiger charge is 2.06. The third-order valence-electron chi connectivity index (χ3n) is 2.40. The molecule has 0 fully saturated rings. The number of nitrogen functional groups attached to an aromatic ring is 1. The first-order valence-corrected chi connectivity index (χ1v) is 6.42. The molecule has 3 nitrogen and oxygen atoms in total. The van der Waals surface area contributed by atoms with Crippen molar-refractivity contribution in [3.05, 3.63) is 47.5 Å². The van der Waals surface area contributed by atoms with Crippen LogP contribution in [0.4, 0.5) is 5.69 Å². The van der Waals surface area contributed by atoms with Crippen molar-refractivity contribution in [3.8, 4) is 17.2 Å². The third kappa shape index (κ3) is 3.80. The molecule has 0 amide bonds. The largest absolute Gasteiger partial charge is 0.489 e. The fourth-order valence-corrected chi connectivity index (χ4v) is 1.70. The van der Waals surface area contributed by atoms with Gasteiger partial charge in [0, 0.05) is 11.1 Å². The Morgan fingerprint density at radius 1 is 1.00 bits per heavy atom. The molecular formula is C15H16ClNO2. The Morgan fingerprint density at radius 3 is 2.26 bits per heavy atom. The van der Waals surface area contributed by atoms with Crippen molar-refractivity contribution < 1.29 is 9.47 Å². The van der Waals surface area contributed by atoms with Gasteiger partial charge in [-0.05, 0) is 50.2 Å². The van der Waals surface area contributed by atoms with Crippen LogP contribution in [0.3, 0.4) is 0 Å². The van der Waals surface area contributed by atoms with Crippen LogP contribution >= 0.6 is 11.6 Å². The number of hydrogen-bond acceptors (Lipinski definition) is 3. The molecule has 100 valence electrons. The predicted octanol–water partition coefficient (Wildman–Crippen LogP) is 4.50. The highest BCUT2D eigenvalue weighted by molar-refractivity contribution is 6.30. The van der Waals surface area contributed by atoms with Gasteiger partial charge in [-0.3, -0.25) is 0 Å². The Labute approximate surface area is 117 Å². The SMILES string of the molecule is CC(C)Oc1cc(Oc2ccc(Cl)cc2)ccc1N. The summed E-state index contributed by atoms with van der Waals surface area (Å²) in [5, 5.41) is 0.675. The monoisotopic (exact) mass is 277 g/mol. The van der Waals surface area contributed by atoms with Crippen molar-refractivity contribution in [2.75, 3.05) is 5.73 Å². The van der Waals surface area contributed by atoms with Crippen molar-refractivity contribution in [2.45, 2.75) is 20.0 Å². The van der Waals surface area contributed by atoms with E-state index in [0.717, 1.165) is 0 Å². The summed E-state index contributed by atoms with van der Waals surface area (Å²) in [7, 11) is 0. The maximum atomic E-state index is 5.85. The first-order chi connectivity index (χ1) is 9.04. The second kappa shape index (κ2) is 5.85. The molecule has 0 spiro atoms. The fourth-order valence-electron chi connectivity index (χ4n) is 1.57. The van der Waals surface area contributed by atoms with Crippen LogP contribution in [0.2, 0.25) is 5.02 Å². The van der Waals surface area contributed by atoms with E-state index < -0.39 is 0 Å². The topological polar surface area (TPSA) is 44.5 Å². The lowest BCUT2D eigenvalue weighted by Crippen LogP contribution is -2.07. The molecule has 0 bridgehead atoms. The smallest absolute Gasteiger partial charge is 0.146 e. The molecule has 0 unspecified atom stereocenters. The maximum Gasteiger partial charge on any atom is 0.146 e. The van der Waals surface area contributed by atoms with E-state index in [1.165, 1.54) is 0 Å². The lowest BCUT2D eigenvalue weighted by atomic mass is 10.2. The first kappa shape index (κ1) is 13.6. The summed E-state index contributed by atoms with van der Waals surface area (Å²) in [6.07, 6.45) is 0.0630. The summed E-state index contributed by atoms with van der Waals surface area (Å²) in [6.45, 7) is 3.90. The van der Waals surface area contributed by atoms with Gasteiger partial charge in [-0.25, -0.2) is 0 Å². The van der Waals surface area contributed by atoms with E-state index in [1.54, 1.807) is 30.3 Å². The molecule has 0 aromatic heterocycles. The Hall–Kier alpha value is -1.87. The minimum atomic E-state index is 0.0630. The summed E-state index contributed by atoms with van der Waals surface area (Å²) in [5.41, 5.74) is 6.45. The van der Waals surface area contributed by atoms with Gasteiger partial charge in [0.05, 0.1) is 11.8 Å². The van der Waals surface area contributed by atoms with Gasteiger partial charge < -0.3 is 15.2 Å². The van der Waals surface area contributed by atoms with Crippen LogP contribution < -0.4 is 15.2 Å². The standard InChI is InChI=1S/C15H16ClNO2/c1-10(2)18-15-9-13(7-8-14(15)17)19-12-5-3-11(16)4-6-12/h3-10H,17H2,1-2H3. The Bertz CT molecular complexity index is 553. The predicted molar refractivity (Wildman–Crippen MR) is 78.1 cm³/mol. The van der Waals surface area contributed by atoms with Crippen LogP contribution in [0, 0.1) is 0 Å².